The number of H-pyrrole nitrogens is 1. The number of hydrogen-bond donors (Lipinski definition) is 3. The van der Waals surface area contributed by atoms with Gasteiger partial charge in [-0.2, -0.15) is 9.97 Å². The van der Waals surface area contributed by atoms with Crippen LogP contribution in [0, 0.1) is 5.82 Å². The number of benzene rings is 2. The van der Waals surface area contributed by atoms with Gasteiger partial charge in [0.2, 0.25) is 5.95 Å². The van der Waals surface area contributed by atoms with Crippen LogP contribution in [0.2, 0.25) is 5.02 Å². The van der Waals surface area contributed by atoms with Crippen LogP contribution in [0.25, 0.3) is 27.9 Å². The van der Waals surface area contributed by atoms with Crippen molar-refractivity contribution in [2.45, 2.75) is 19.0 Å². The van der Waals surface area contributed by atoms with Crippen LogP contribution in [0.5, 0.6) is 0 Å². The molecule has 1 aliphatic heterocycles. The molecule has 2 aromatic carbocycles. The van der Waals surface area contributed by atoms with E-state index in [-0.39, 0.29) is 11.9 Å². The number of hydrogen-bond acceptors (Lipinski definition) is 7. The van der Waals surface area contributed by atoms with E-state index in [1.54, 1.807) is 17.0 Å². The molecule has 1 saturated heterocycles. The summed E-state index contributed by atoms with van der Waals surface area (Å²) in [5.41, 5.74) is 9.60. The molecule has 0 saturated carbocycles. The van der Waals surface area contributed by atoms with Crippen molar-refractivity contribution < 1.29 is 4.39 Å². The predicted molar refractivity (Wildman–Crippen MR) is 130 cm³/mol. The normalized spacial score (nSPS) is 16.1. The standard InChI is InChI=1S/C23H21ClFN9/c24-13-4-5-17-18(8-13)30-19(29-17)10-27-21-20-22(32-23(31-21)33-7-6-15(26)11-33)34(12-28-20)16-3-1-2-14(25)9-16/h1-5,8-9,12,15H,6-7,10-11,26H2,(H,29,30)(H,27,31,32)/t15-/m1/s1. The number of imidazole rings is 2. The fourth-order valence-electron chi connectivity index (χ4n) is 4.22. The molecule has 4 N–H and O–H groups in total. The molecule has 5 aromatic rings. The number of nitrogens with zero attached hydrogens (tertiary/aromatic N) is 6. The summed E-state index contributed by atoms with van der Waals surface area (Å²) in [5.74, 6) is 1.52. The number of aromatic nitrogens is 6. The molecule has 1 fully saturated rings. The van der Waals surface area contributed by atoms with Gasteiger partial charge in [0, 0.05) is 24.2 Å². The van der Waals surface area contributed by atoms with Crippen molar-refractivity contribution in [3.63, 3.8) is 0 Å². The summed E-state index contributed by atoms with van der Waals surface area (Å²) in [5, 5.41) is 3.99. The maximum Gasteiger partial charge on any atom is 0.229 e. The number of halogens is 2. The first-order chi connectivity index (χ1) is 16.5. The lowest BCUT2D eigenvalue weighted by Gasteiger charge is -2.17. The van der Waals surface area contributed by atoms with Gasteiger partial charge in [0.05, 0.1) is 23.3 Å². The molecule has 172 valence electrons. The molecule has 4 heterocycles. The molecule has 0 radical (unpaired) electrons. The molecule has 6 rings (SSSR count). The smallest absolute Gasteiger partial charge is 0.229 e. The maximum absolute atomic E-state index is 13.9. The third kappa shape index (κ3) is 3.80. The Balaban J connectivity index is 1.40. The van der Waals surface area contributed by atoms with E-state index in [4.69, 9.17) is 27.3 Å². The van der Waals surface area contributed by atoms with Crippen molar-refractivity contribution in [3.8, 4) is 5.69 Å². The van der Waals surface area contributed by atoms with E-state index in [0.717, 1.165) is 29.8 Å². The second-order valence-corrected chi connectivity index (χ2v) is 8.77. The summed E-state index contributed by atoms with van der Waals surface area (Å²) in [6.07, 6.45) is 2.50. The van der Waals surface area contributed by atoms with Gasteiger partial charge >= 0.3 is 0 Å². The zero-order valence-corrected chi connectivity index (χ0v) is 18.8. The van der Waals surface area contributed by atoms with Crippen LogP contribution in [0.1, 0.15) is 12.2 Å². The van der Waals surface area contributed by atoms with E-state index in [1.807, 2.05) is 24.3 Å². The SMILES string of the molecule is N[C@@H]1CCN(c2nc(NCc3nc4ccc(Cl)cc4[nH]3)c3ncn(-c4cccc(F)c4)c3n2)C1. The molecular formula is C23H21ClFN9. The molecule has 1 aliphatic rings. The largest absolute Gasteiger partial charge is 0.361 e. The number of rotatable bonds is 5. The summed E-state index contributed by atoms with van der Waals surface area (Å²) < 4.78 is 15.7. The fraction of sp³-hybridized carbons (Fsp3) is 0.217. The van der Waals surface area contributed by atoms with Gasteiger partial charge in [-0.3, -0.25) is 4.57 Å². The summed E-state index contributed by atoms with van der Waals surface area (Å²) >= 11 is 6.09. The van der Waals surface area contributed by atoms with Crippen LogP contribution in [0.4, 0.5) is 16.2 Å². The quantitative estimate of drug-likeness (QED) is 0.354. The van der Waals surface area contributed by atoms with E-state index in [2.05, 4.69) is 25.2 Å². The minimum atomic E-state index is -0.331. The van der Waals surface area contributed by atoms with Crippen LogP contribution in [-0.2, 0) is 6.54 Å². The van der Waals surface area contributed by atoms with Gasteiger partial charge in [-0.15, -0.1) is 0 Å². The summed E-state index contributed by atoms with van der Waals surface area (Å²) in [6.45, 7) is 1.83. The topological polar surface area (TPSA) is 114 Å². The van der Waals surface area contributed by atoms with Gasteiger partial charge < -0.3 is 20.9 Å². The highest BCUT2D eigenvalue weighted by atomic mass is 35.5. The van der Waals surface area contributed by atoms with Gasteiger partial charge in [0.25, 0.3) is 0 Å². The molecule has 1 atom stereocenters. The zero-order valence-electron chi connectivity index (χ0n) is 18.0. The second-order valence-electron chi connectivity index (χ2n) is 8.33. The lowest BCUT2D eigenvalue weighted by Crippen LogP contribution is -2.27. The van der Waals surface area contributed by atoms with Gasteiger partial charge in [0.1, 0.15) is 18.0 Å². The van der Waals surface area contributed by atoms with Gasteiger partial charge in [0.15, 0.2) is 17.0 Å². The Morgan fingerprint density at radius 2 is 2.09 bits per heavy atom. The highest BCUT2D eigenvalue weighted by molar-refractivity contribution is 6.31. The minimum absolute atomic E-state index is 0.0752. The average molecular weight is 478 g/mol. The highest BCUT2D eigenvalue weighted by Crippen LogP contribution is 2.27. The Labute approximate surface area is 198 Å². The number of anilines is 2. The third-order valence-electron chi connectivity index (χ3n) is 5.89. The van der Waals surface area contributed by atoms with E-state index in [0.29, 0.717) is 46.7 Å². The van der Waals surface area contributed by atoms with Gasteiger partial charge in [-0.25, -0.2) is 14.4 Å². The van der Waals surface area contributed by atoms with Crippen LogP contribution < -0.4 is 16.0 Å². The van der Waals surface area contributed by atoms with Gasteiger partial charge in [-0.1, -0.05) is 17.7 Å². The van der Waals surface area contributed by atoms with Crippen molar-refractivity contribution in [1.29, 1.82) is 0 Å². The summed E-state index contributed by atoms with van der Waals surface area (Å²) in [4.78, 5) is 24.0. The van der Waals surface area contributed by atoms with Crippen molar-refractivity contribution >= 4 is 45.6 Å². The Kier molecular flexibility index (Phi) is 5.04. The van der Waals surface area contributed by atoms with Crippen molar-refractivity contribution in [1.82, 2.24) is 29.5 Å². The first-order valence-corrected chi connectivity index (χ1v) is 11.3. The summed E-state index contributed by atoms with van der Waals surface area (Å²) in [6, 6.07) is 11.9. The fourth-order valence-corrected chi connectivity index (χ4v) is 4.40. The molecule has 0 unspecified atom stereocenters. The van der Waals surface area contributed by atoms with E-state index >= 15 is 0 Å². The molecule has 0 amide bonds. The highest BCUT2D eigenvalue weighted by Gasteiger charge is 2.24. The van der Waals surface area contributed by atoms with Crippen molar-refractivity contribution in [2.75, 3.05) is 23.3 Å². The molecule has 3 aromatic heterocycles. The maximum atomic E-state index is 13.9. The minimum Gasteiger partial charge on any atom is -0.361 e. The number of fused-ring (bicyclic) bond motifs is 2. The molecule has 0 aliphatic carbocycles. The van der Waals surface area contributed by atoms with E-state index in [1.165, 1.54) is 12.1 Å². The van der Waals surface area contributed by atoms with E-state index in [9.17, 15) is 4.39 Å². The molecule has 34 heavy (non-hydrogen) atoms. The Hall–Kier alpha value is -3.76. The molecule has 9 nitrogen and oxygen atoms in total. The third-order valence-corrected chi connectivity index (χ3v) is 6.13. The zero-order chi connectivity index (χ0) is 23.2. The molecular weight excluding hydrogens is 457 g/mol. The Bertz CT molecular complexity index is 1510. The molecule has 0 bridgehead atoms. The average Bonchev–Trinajstić information content (AvgIpc) is 3.54. The van der Waals surface area contributed by atoms with E-state index < -0.39 is 0 Å². The van der Waals surface area contributed by atoms with Gasteiger partial charge in [-0.05, 0) is 42.8 Å². The van der Waals surface area contributed by atoms with Crippen molar-refractivity contribution in [3.05, 3.63) is 65.5 Å². The van der Waals surface area contributed by atoms with Crippen LogP contribution in [0.3, 0.4) is 0 Å². The first-order valence-electron chi connectivity index (χ1n) is 10.9. The molecule has 0 spiro atoms. The predicted octanol–water partition coefficient (Wildman–Crippen LogP) is 3.63. The summed E-state index contributed by atoms with van der Waals surface area (Å²) in [7, 11) is 0. The van der Waals surface area contributed by atoms with Crippen LogP contribution in [0.15, 0.2) is 48.8 Å². The lowest BCUT2D eigenvalue weighted by atomic mass is 10.3. The number of nitrogens with one attached hydrogen (secondary N) is 2. The number of nitrogens with two attached hydrogens (primary N) is 1. The Morgan fingerprint density at radius 3 is 2.91 bits per heavy atom. The van der Waals surface area contributed by atoms with Crippen LogP contribution in [-0.4, -0.2) is 48.6 Å². The Morgan fingerprint density at radius 1 is 1.18 bits per heavy atom. The monoisotopic (exact) mass is 477 g/mol. The second kappa shape index (κ2) is 8.23. The van der Waals surface area contributed by atoms with Crippen molar-refractivity contribution in [2.24, 2.45) is 5.73 Å². The lowest BCUT2D eigenvalue weighted by molar-refractivity contribution is 0.626. The number of aromatic amines is 1. The van der Waals surface area contributed by atoms with Crippen LogP contribution >= 0.6 is 11.6 Å². The molecule has 11 heteroatoms. The first kappa shape index (κ1) is 20.8.